The molecule has 39 heavy (non-hydrogen) atoms. The third-order valence-electron chi connectivity index (χ3n) is 7.08. The van der Waals surface area contributed by atoms with E-state index in [0.29, 0.717) is 6.42 Å². The van der Waals surface area contributed by atoms with Crippen molar-refractivity contribution in [3.63, 3.8) is 0 Å². The van der Waals surface area contributed by atoms with Gasteiger partial charge in [-0.15, -0.1) is 0 Å². The van der Waals surface area contributed by atoms with Crippen LogP contribution >= 0.6 is 0 Å². The van der Waals surface area contributed by atoms with E-state index in [4.69, 9.17) is 9.97 Å². The number of para-hydroxylation sites is 2. The second kappa shape index (κ2) is 10.0. The quantitative estimate of drug-likeness (QED) is 0.229. The number of nitrogens with zero attached hydrogens (tertiary/aromatic N) is 3. The van der Waals surface area contributed by atoms with Crippen LogP contribution in [0.15, 0.2) is 109 Å². The van der Waals surface area contributed by atoms with E-state index in [-0.39, 0.29) is 0 Å². The van der Waals surface area contributed by atoms with Crippen LogP contribution in [-0.4, -0.2) is 34.9 Å². The van der Waals surface area contributed by atoms with Gasteiger partial charge in [0.15, 0.2) is 0 Å². The molecular weight excluding hydrogens is 502 g/mol. The standard InChI is InChI=1S/C33H27N3O2S/c1-22(39(2,37)38)18-23-19-26-14-9-17-34-31(26)28(20-23)25-12-8-13-27(21-25)33-32(24-10-4-3-5-11-24)35-29-15-6-7-16-30(29)36-33/h3-17,19-22H,18H2,1-2H3. The minimum Gasteiger partial charge on any atom is -0.256 e. The first-order valence-corrected chi connectivity index (χ1v) is 14.8. The van der Waals surface area contributed by atoms with Crippen LogP contribution in [0, 0.1) is 0 Å². The molecule has 6 aromatic rings. The number of sulfone groups is 1. The lowest BCUT2D eigenvalue weighted by molar-refractivity contribution is 0.588. The molecule has 1 atom stereocenters. The summed E-state index contributed by atoms with van der Waals surface area (Å²) in [5, 5.41) is 0.499. The Labute approximate surface area is 228 Å². The van der Waals surface area contributed by atoms with Crippen LogP contribution in [0.25, 0.3) is 55.6 Å². The van der Waals surface area contributed by atoms with Gasteiger partial charge in [-0.05, 0) is 60.9 Å². The van der Waals surface area contributed by atoms with E-state index in [2.05, 4.69) is 41.4 Å². The first-order valence-electron chi connectivity index (χ1n) is 12.9. The molecular formula is C33H27N3O2S. The number of fused-ring (bicyclic) bond motifs is 2. The smallest absolute Gasteiger partial charge is 0.150 e. The highest BCUT2D eigenvalue weighted by Gasteiger charge is 2.18. The first kappa shape index (κ1) is 24.9. The number of aromatic nitrogens is 3. The molecule has 0 radical (unpaired) electrons. The Bertz CT molecular complexity index is 1940. The third kappa shape index (κ3) is 5.03. The van der Waals surface area contributed by atoms with E-state index >= 15 is 0 Å². The van der Waals surface area contributed by atoms with Gasteiger partial charge in [-0.2, -0.15) is 0 Å². The fourth-order valence-corrected chi connectivity index (χ4v) is 5.40. The Hall–Kier alpha value is -4.42. The summed E-state index contributed by atoms with van der Waals surface area (Å²) in [6.07, 6.45) is 3.51. The van der Waals surface area contributed by atoms with Crippen molar-refractivity contribution in [2.24, 2.45) is 0 Å². The third-order valence-corrected chi connectivity index (χ3v) is 8.71. The maximum atomic E-state index is 12.2. The fourth-order valence-electron chi connectivity index (χ4n) is 4.91. The average Bonchev–Trinajstić information content (AvgIpc) is 2.96. The lowest BCUT2D eigenvalue weighted by atomic mass is 9.94. The summed E-state index contributed by atoms with van der Waals surface area (Å²) >= 11 is 0. The lowest BCUT2D eigenvalue weighted by Gasteiger charge is -2.15. The number of hydrogen-bond donors (Lipinski definition) is 0. The van der Waals surface area contributed by atoms with Gasteiger partial charge in [0.05, 0.1) is 33.2 Å². The highest BCUT2D eigenvalue weighted by atomic mass is 32.2. The molecule has 4 aromatic carbocycles. The highest BCUT2D eigenvalue weighted by molar-refractivity contribution is 7.91. The zero-order chi connectivity index (χ0) is 27.0. The van der Waals surface area contributed by atoms with Crippen LogP contribution in [0.3, 0.4) is 0 Å². The van der Waals surface area contributed by atoms with Gasteiger partial charge in [0.1, 0.15) is 9.84 Å². The van der Waals surface area contributed by atoms with Gasteiger partial charge in [-0.25, -0.2) is 18.4 Å². The van der Waals surface area contributed by atoms with E-state index in [1.165, 1.54) is 6.26 Å². The molecule has 2 aromatic heterocycles. The Morgan fingerprint density at radius 3 is 2.05 bits per heavy atom. The molecule has 192 valence electrons. The van der Waals surface area contributed by atoms with Gasteiger partial charge < -0.3 is 0 Å². The van der Waals surface area contributed by atoms with Crippen molar-refractivity contribution in [2.45, 2.75) is 18.6 Å². The molecule has 0 aliphatic carbocycles. The van der Waals surface area contributed by atoms with Gasteiger partial charge in [0.25, 0.3) is 0 Å². The monoisotopic (exact) mass is 529 g/mol. The summed E-state index contributed by atoms with van der Waals surface area (Å²) in [7, 11) is -3.15. The first-order chi connectivity index (χ1) is 18.9. The zero-order valence-electron chi connectivity index (χ0n) is 21.7. The Morgan fingerprint density at radius 2 is 1.33 bits per heavy atom. The van der Waals surface area contributed by atoms with E-state index in [9.17, 15) is 8.42 Å². The SMILES string of the molecule is CC(Cc1cc(-c2cccc(-c3nc4ccccc4nc3-c3ccccc3)c2)c2ncccc2c1)S(C)(=O)=O. The van der Waals surface area contributed by atoms with Gasteiger partial charge in [0.2, 0.25) is 0 Å². The molecule has 2 heterocycles. The van der Waals surface area contributed by atoms with Crippen molar-refractivity contribution in [2.75, 3.05) is 6.26 Å². The molecule has 0 N–H and O–H groups in total. The van der Waals surface area contributed by atoms with Crippen molar-refractivity contribution >= 4 is 31.8 Å². The van der Waals surface area contributed by atoms with Crippen LogP contribution in [0.4, 0.5) is 0 Å². The van der Waals surface area contributed by atoms with Crippen LogP contribution < -0.4 is 0 Å². The van der Waals surface area contributed by atoms with E-state index in [1.54, 1.807) is 13.1 Å². The average molecular weight is 530 g/mol. The second-order valence-corrected chi connectivity index (χ2v) is 12.4. The Balaban J connectivity index is 1.53. The Kier molecular flexibility index (Phi) is 6.41. The number of benzene rings is 4. The molecule has 0 amide bonds. The number of hydrogen-bond acceptors (Lipinski definition) is 5. The maximum Gasteiger partial charge on any atom is 0.150 e. The predicted octanol–water partition coefficient (Wildman–Crippen LogP) is 7.15. The van der Waals surface area contributed by atoms with E-state index in [0.717, 1.165) is 61.1 Å². The minimum absolute atomic E-state index is 0.435. The van der Waals surface area contributed by atoms with Crippen LogP contribution in [-0.2, 0) is 16.3 Å². The van der Waals surface area contributed by atoms with Crippen molar-refractivity contribution < 1.29 is 8.42 Å². The van der Waals surface area contributed by atoms with Crippen LogP contribution in [0.1, 0.15) is 12.5 Å². The summed E-state index contributed by atoms with van der Waals surface area (Å²) in [4.78, 5) is 14.8. The topological polar surface area (TPSA) is 72.8 Å². The van der Waals surface area contributed by atoms with Gasteiger partial charge >= 0.3 is 0 Å². The van der Waals surface area contributed by atoms with Crippen LogP contribution in [0.2, 0.25) is 0 Å². The van der Waals surface area contributed by atoms with Gasteiger partial charge in [-0.1, -0.05) is 66.7 Å². The summed E-state index contributed by atoms with van der Waals surface area (Å²) in [5.41, 5.74) is 9.04. The number of pyridine rings is 1. The summed E-state index contributed by atoms with van der Waals surface area (Å²) in [6.45, 7) is 1.76. The van der Waals surface area contributed by atoms with Gasteiger partial charge in [-0.3, -0.25) is 4.98 Å². The summed E-state index contributed by atoms with van der Waals surface area (Å²) < 4.78 is 24.3. The second-order valence-electron chi connectivity index (χ2n) is 9.92. The normalized spacial score (nSPS) is 12.6. The molecule has 6 heteroatoms. The number of rotatable bonds is 6. The molecule has 0 spiro atoms. The largest absolute Gasteiger partial charge is 0.256 e. The molecule has 0 saturated heterocycles. The van der Waals surface area contributed by atoms with Crippen molar-refractivity contribution in [1.82, 2.24) is 15.0 Å². The van der Waals surface area contributed by atoms with Crippen molar-refractivity contribution in [3.05, 3.63) is 115 Å². The molecule has 0 aliphatic heterocycles. The van der Waals surface area contributed by atoms with Gasteiger partial charge in [0, 0.05) is 34.5 Å². The molecule has 0 bridgehead atoms. The molecule has 5 nitrogen and oxygen atoms in total. The molecule has 1 unspecified atom stereocenters. The van der Waals surface area contributed by atoms with Crippen molar-refractivity contribution in [3.8, 4) is 33.6 Å². The minimum atomic E-state index is -3.15. The predicted molar refractivity (Wildman–Crippen MR) is 159 cm³/mol. The van der Waals surface area contributed by atoms with Crippen molar-refractivity contribution in [1.29, 1.82) is 0 Å². The summed E-state index contributed by atoms with van der Waals surface area (Å²) in [5.74, 6) is 0. The fraction of sp³-hybridized carbons (Fsp3) is 0.121. The lowest BCUT2D eigenvalue weighted by Crippen LogP contribution is -2.18. The zero-order valence-corrected chi connectivity index (χ0v) is 22.6. The van der Waals surface area contributed by atoms with E-state index in [1.807, 2.05) is 66.7 Å². The highest BCUT2D eigenvalue weighted by Crippen LogP contribution is 2.35. The molecule has 0 fully saturated rings. The molecule has 0 aliphatic rings. The van der Waals surface area contributed by atoms with Crippen LogP contribution in [0.5, 0.6) is 0 Å². The molecule has 0 saturated carbocycles. The van der Waals surface area contributed by atoms with E-state index < -0.39 is 15.1 Å². The summed E-state index contributed by atoms with van der Waals surface area (Å²) in [6, 6.07) is 34.3. The Morgan fingerprint density at radius 1 is 0.692 bits per heavy atom. The molecule has 6 rings (SSSR count). The maximum absolute atomic E-state index is 12.2.